The Morgan fingerprint density at radius 2 is 1.67 bits per heavy atom. The molecule has 7 heteroatoms. The van der Waals surface area contributed by atoms with Gasteiger partial charge in [-0.05, 0) is 17.9 Å². The molecule has 2 atom stereocenters. The minimum Gasteiger partial charge on any atom is -0.368 e. The maximum absolute atomic E-state index is 12.5. The summed E-state index contributed by atoms with van der Waals surface area (Å²) in [6.45, 7) is 3.67. The smallest absolute Gasteiger partial charge is 0.243 e. The van der Waals surface area contributed by atoms with E-state index in [1.807, 2.05) is 44.2 Å². The lowest BCUT2D eigenvalue weighted by Gasteiger charge is -2.23. The summed E-state index contributed by atoms with van der Waals surface area (Å²) in [5, 5.41) is 5.21. The SMILES string of the molecule is CC(C)C[C@H](NC(=O)CN)C(=O)N[C@@H](Cc1ccccc1)C(N)=O. The highest BCUT2D eigenvalue weighted by Crippen LogP contribution is 2.07. The topological polar surface area (TPSA) is 127 Å². The van der Waals surface area contributed by atoms with Gasteiger partial charge in [-0.25, -0.2) is 0 Å². The normalized spacial score (nSPS) is 13.2. The highest BCUT2D eigenvalue weighted by atomic mass is 16.2. The van der Waals surface area contributed by atoms with Crippen LogP contribution in [0.25, 0.3) is 0 Å². The Morgan fingerprint density at radius 3 is 2.17 bits per heavy atom. The highest BCUT2D eigenvalue weighted by molar-refractivity contribution is 5.92. The van der Waals surface area contributed by atoms with E-state index in [1.54, 1.807) is 0 Å². The van der Waals surface area contributed by atoms with Gasteiger partial charge in [-0.3, -0.25) is 14.4 Å². The molecule has 1 aromatic carbocycles. The molecule has 7 nitrogen and oxygen atoms in total. The largest absolute Gasteiger partial charge is 0.368 e. The van der Waals surface area contributed by atoms with Gasteiger partial charge in [0.2, 0.25) is 17.7 Å². The molecule has 132 valence electrons. The number of hydrogen-bond donors (Lipinski definition) is 4. The van der Waals surface area contributed by atoms with Gasteiger partial charge in [0.05, 0.1) is 6.54 Å². The van der Waals surface area contributed by atoms with Gasteiger partial charge in [-0.15, -0.1) is 0 Å². The third kappa shape index (κ3) is 6.78. The Morgan fingerprint density at radius 1 is 1.04 bits per heavy atom. The van der Waals surface area contributed by atoms with Crippen LogP contribution in [0.2, 0.25) is 0 Å². The first-order chi connectivity index (χ1) is 11.3. The third-order valence-electron chi connectivity index (χ3n) is 3.49. The van der Waals surface area contributed by atoms with Crippen LogP contribution >= 0.6 is 0 Å². The Hall–Kier alpha value is -2.41. The van der Waals surface area contributed by atoms with Gasteiger partial charge in [0.25, 0.3) is 0 Å². The van der Waals surface area contributed by atoms with Gasteiger partial charge in [-0.1, -0.05) is 44.2 Å². The summed E-state index contributed by atoms with van der Waals surface area (Å²) in [5.41, 5.74) is 11.6. The van der Waals surface area contributed by atoms with Crippen molar-refractivity contribution in [1.29, 1.82) is 0 Å². The highest BCUT2D eigenvalue weighted by Gasteiger charge is 2.26. The summed E-state index contributed by atoms with van der Waals surface area (Å²) in [4.78, 5) is 35.6. The lowest BCUT2D eigenvalue weighted by molar-refractivity contribution is -0.131. The summed E-state index contributed by atoms with van der Waals surface area (Å²) in [7, 11) is 0. The Bertz CT molecular complexity index is 560. The van der Waals surface area contributed by atoms with E-state index in [9.17, 15) is 14.4 Å². The Kier molecular flexibility index (Phi) is 7.91. The molecule has 0 unspecified atom stereocenters. The zero-order valence-corrected chi connectivity index (χ0v) is 14.1. The number of amides is 3. The predicted octanol–water partition coefficient (Wildman–Crippen LogP) is -0.311. The molecule has 6 N–H and O–H groups in total. The molecule has 0 bridgehead atoms. The molecule has 0 spiro atoms. The molecular formula is C17H26N4O3. The van der Waals surface area contributed by atoms with E-state index in [0.717, 1.165) is 5.56 Å². The molecule has 0 heterocycles. The number of benzene rings is 1. The quantitative estimate of drug-likeness (QED) is 0.494. The summed E-state index contributed by atoms with van der Waals surface area (Å²) in [6, 6.07) is 7.66. The maximum Gasteiger partial charge on any atom is 0.243 e. The van der Waals surface area contributed by atoms with E-state index in [4.69, 9.17) is 11.5 Å². The van der Waals surface area contributed by atoms with Gasteiger partial charge < -0.3 is 22.1 Å². The van der Waals surface area contributed by atoms with Gasteiger partial charge in [0.15, 0.2) is 0 Å². The van der Waals surface area contributed by atoms with Crippen molar-refractivity contribution in [2.45, 2.75) is 38.8 Å². The van der Waals surface area contributed by atoms with E-state index < -0.39 is 29.8 Å². The molecule has 0 saturated heterocycles. The lowest BCUT2D eigenvalue weighted by Crippen LogP contribution is -2.54. The lowest BCUT2D eigenvalue weighted by atomic mass is 10.0. The van der Waals surface area contributed by atoms with Crippen molar-refractivity contribution in [2.75, 3.05) is 6.54 Å². The third-order valence-corrected chi connectivity index (χ3v) is 3.49. The standard InChI is InChI=1S/C17H26N4O3/c1-11(2)8-14(20-15(22)10-18)17(24)21-13(16(19)23)9-12-6-4-3-5-7-12/h3-7,11,13-14H,8-10,18H2,1-2H3,(H2,19,23)(H,20,22)(H,21,24)/t13-,14-/m0/s1. The second-order valence-electron chi connectivity index (χ2n) is 6.11. The summed E-state index contributed by atoms with van der Waals surface area (Å²) in [5.74, 6) is -1.31. The second-order valence-corrected chi connectivity index (χ2v) is 6.11. The van der Waals surface area contributed by atoms with Crippen LogP contribution in [0.3, 0.4) is 0 Å². The molecule has 0 fully saturated rings. The van der Waals surface area contributed by atoms with Crippen molar-refractivity contribution < 1.29 is 14.4 Å². The van der Waals surface area contributed by atoms with E-state index in [1.165, 1.54) is 0 Å². The molecule has 1 rings (SSSR count). The second kappa shape index (κ2) is 9.67. The average molecular weight is 334 g/mol. The minimum absolute atomic E-state index is 0.181. The number of carbonyl (C=O) groups is 3. The first-order valence-corrected chi connectivity index (χ1v) is 7.96. The number of primary amides is 1. The van der Waals surface area contributed by atoms with Gasteiger partial charge >= 0.3 is 0 Å². The average Bonchev–Trinajstić information content (AvgIpc) is 2.53. The molecule has 0 aliphatic rings. The number of hydrogen-bond acceptors (Lipinski definition) is 4. The monoisotopic (exact) mass is 334 g/mol. The fraction of sp³-hybridized carbons (Fsp3) is 0.471. The number of nitrogens with one attached hydrogen (secondary N) is 2. The summed E-state index contributed by atoms with van der Waals surface area (Å²) in [6.07, 6.45) is 0.732. The van der Waals surface area contributed by atoms with E-state index >= 15 is 0 Å². The number of rotatable bonds is 9. The predicted molar refractivity (Wildman–Crippen MR) is 91.7 cm³/mol. The van der Waals surface area contributed by atoms with Gasteiger partial charge in [0, 0.05) is 6.42 Å². The van der Waals surface area contributed by atoms with E-state index in [-0.39, 0.29) is 12.5 Å². The van der Waals surface area contributed by atoms with Crippen molar-refractivity contribution >= 4 is 17.7 Å². The Balaban J connectivity index is 2.79. The molecule has 0 saturated carbocycles. The van der Waals surface area contributed by atoms with Crippen LogP contribution in [-0.4, -0.2) is 36.3 Å². The van der Waals surface area contributed by atoms with Crippen LogP contribution in [-0.2, 0) is 20.8 Å². The molecule has 0 aliphatic heterocycles. The van der Waals surface area contributed by atoms with Crippen LogP contribution < -0.4 is 22.1 Å². The van der Waals surface area contributed by atoms with E-state index in [0.29, 0.717) is 12.8 Å². The van der Waals surface area contributed by atoms with Crippen LogP contribution in [0.1, 0.15) is 25.8 Å². The number of nitrogens with two attached hydrogens (primary N) is 2. The van der Waals surface area contributed by atoms with Crippen LogP contribution in [0, 0.1) is 5.92 Å². The van der Waals surface area contributed by atoms with Crippen molar-refractivity contribution in [2.24, 2.45) is 17.4 Å². The van der Waals surface area contributed by atoms with Gasteiger partial charge in [0.1, 0.15) is 12.1 Å². The Labute approximate surface area is 142 Å². The van der Waals surface area contributed by atoms with E-state index in [2.05, 4.69) is 10.6 Å². The first kappa shape index (κ1) is 19.6. The van der Waals surface area contributed by atoms with Crippen molar-refractivity contribution in [1.82, 2.24) is 10.6 Å². The summed E-state index contributed by atoms with van der Waals surface area (Å²) >= 11 is 0. The molecule has 3 amide bonds. The van der Waals surface area contributed by atoms with Crippen molar-refractivity contribution in [3.8, 4) is 0 Å². The molecule has 1 aromatic rings. The fourth-order valence-corrected chi connectivity index (χ4v) is 2.30. The van der Waals surface area contributed by atoms with Crippen LogP contribution in [0.15, 0.2) is 30.3 Å². The van der Waals surface area contributed by atoms with Crippen molar-refractivity contribution in [3.05, 3.63) is 35.9 Å². The maximum atomic E-state index is 12.5. The van der Waals surface area contributed by atoms with Gasteiger partial charge in [-0.2, -0.15) is 0 Å². The first-order valence-electron chi connectivity index (χ1n) is 7.96. The molecular weight excluding hydrogens is 308 g/mol. The zero-order valence-electron chi connectivity index (χ0n) is 14.1. The minimum atomic E-state index is -0.843. The van der Waals surface area contributed by atoms with Crippen LogP contribution in [0.4, 0.5) is 0 Å². The molecule has 0 radical (unpaired) electrons. The van der Waals surface area contributed by atoms with Crippen LogP contribution in [0.5, 0.6) is 0 Å². The molecule has 0 aromatic heterocycles. The van der Waals surface area contributed by atoms with Crippen molar-refractivity contribution in [3.63, 3.8) is 0 Å². The fourth-order valence-electron chi connectivity index (χ4n) is 2.30. The number of carbonyl (C=O) groups excluding carboxylic acids is 3. The summed E-state index contributed by atoms with van der Waals surface area (Å²) < 4.78 is 0. The molecule has 24 heavy (non-hydrogen) atoms. The molecule has 0 aliphatic carbocycles. The zero-order chi connectivity index (χ0) is 18.1.